The molecule has 2 aromatic rings. The van der Waals surface area contributed by atoms with E-state index in [9.17, 15) is 8.78 Å². The van der Waals surface area contributed by atoms with E-state index < -0.39 is 11.6 Å². The molecule has 0 saturated carbocycles. The number of hydrogen-bond acceptors (Lipinski definition) is 2. The van der Waals surface area contributed by atoms with Crippen molar-refractivity contribution in [2.24, 2.45) is 7.05 Å². The lowest BCUT2D eigenvalue weighted by atomic mass is 10.2. The van der Waals surface area contributed by atoms with Crippen molar-refractivity contribution in [3.05, 3.63) is 47.3 Å². The molecular formula is C12H13F2N3. The van der Waals surface area contributed by atoms with Crippen molar-refractivity contribution >= 4 is 5.69 Å². The number of aryl methyl sites for hydroxylation is 1. The summed E-state index contributed by atoms with van der Waals surface area (Å²) in [6.07, 6.45) is 1.75. The highest BCUT2D eigenvalue weighted by atomic mass is 19.2. The van der Waals surface area contributed by atoms with E-state index >= 15 is 0 Å². The van der Waals surface area contributed by atoms with Crippen LogP contribution < -0.4 is 5.32 Å². The number of benzene rings is 1. The first kappa shape index (κ1) is 11.6. The van der Waals surface area contributed by atoms with Crippen LogP contribution >= 0.6 is 0 Å². The molecule has 0 fully saturated rings. The first-order valence-corrected chi connectivity index (χ1v) is 5.24. The Morgan fingerprint density at radius 3 is 2.65 bits per heavy atom. The van der Waals surface area contributed by atoms with Crippen molar-refractivity contribution in [3.8, 4) is 0 Å². The highest BCUT2D eigenvalue weighted by Gasteiger charge is 2.05. The summed E-state index contributed by atoms with van der Waals surface area (Å²) in [5, 5.41) is 7.13. The summed E-state index contributed by atoms with van der Waals surface area (Å²) >= 11 is 0. The minimum absolute atomic E-state index is 0.532. The van der Waals surface area contributed by atoms with Gasteiger partial charge in [0.2, 0.25) is 0 Å². The van der Waals surface area contributed by atoms with Gasteiger partial charge in [-0.25, -0.2) is 8.78 Å². The van der Waals surface area contributed by atoms with E-state index in [0.717, 1.165) is 23.4 Å². The fourth-order valence-corrected chi connectivity index (χ4v) is 1.52. The standard InChI is InChI=1S/C12H13F2N3/c1-8-9(7-16-17(8)2)6-15-10-3-4-11(13)12(14)5-10/h3-5,7,15H,6H2,1-2H3. The molecular weight excluding hydrogens is 224 g/mol. The second-order valence-electron chi connectivity index (χ2n) is 3.86. The predicted molar refractivity (Wildman–Crippen MR) is 61.6 cm³/mol. The van der Waals surface area contributed by atoms with E-state index in [0.29, 0.717) is 12.2 Å². The molecule has 1 N–H and O–H groups in total. The summed E-state index contributed by atoms with van der Waals surface area (Å²) in [6.45, 7) is 2.49. The molecule has 0 bridgehead atoms. The van der Waals surface area contributed by atoms with E-state index in [1.54, 1.807) is 10.9 Å². The van der Waals surface area contributed by atoms with E-state index in [1.807, 2.05) is 14.0 Å². The maximum absolute atomic E-state index is 13.0. The number of halogens is 2. The third kappa shape index (κ3) is 2.43. The SMILES string of the molecule is Cc1c(CNc2ccc(F)c(F)c2)cnn1C. The maximum atomic E-state index is 13.0. The van der Waals surface area contributed by atoms with E-state index in [4.69, 9.17) is 0 Å². The molecule has 1 heterocycles. The van der Waals surface area contributed by atoms with Crippen molar-refractivity contribution in [1.29, 1.82) is 0 Å². The number of aromatic nitrogens is 2. The Hall–Kier alpha value is -1.91. The van der Waals surface area contributed by atoms with Crippen LogP contribution in [-0.4, -0.2) is 9.78 Å². The smallest absolute Gasteiger partial charge is 0.160 e. The van der Waals surface area contributed by atoms with Crippen LogP contribution in [0.3, 0.4) is 0 Å². The monoisotopic (exact) mass is 237 g/mol. The average molecular weight is 237 g/mol. The second-order valence-corrected chi connectivity index (χ2v) is 3.86. The lowest BCUT2D eigenvalue weighted by Crippen LogP contribution is -2.02. The summed E-state index contributed by atoms with van der Waals surface area (Å²) < 4.78 is 27.4. The van der Waals surface area contributed by atoms with Crippen LogP contribution in [0.1, 0.15) is 11.3 Å². The van der Waals surface area contributed by atoms with Crippen LogP contribution in [0.25, 0.3) is 0 Å². The van der Waals surface area contributed by atoms with Crippen LogP contribution in [0, 0.1) is 18.6 Å². The number of anilines is 1. The van der Waals surface area contributed by atoms with Gasteiger partial charge in [-0.2, -0.15) is 5.10 Å². The van der Waals surface area contributed by atoms with Gasteiger partial charge in [-0.05, 0) is 19.1 Å². The summed E-state index contributed by atoms with van der Waals surface area (Å²) in [4.78, 5) is 0. The molecule has 1 aromatic carbocycles. The Balaban J connectivity index is 2.07. The quantitative estimate of drug-likeness (QED) is 0.889. The van der Waals surface area contributed by atoms with Crippen molar-refractivity contribution in [2.45, 2.75) is 13.5 Å². The van der Waals surface area contributed by atoms with Crippen molar-refractivity contribution in [1.82, 2.24) is 9.78 Å². The zero-order chi connectivity index (χ0) is 12.4. The van der Waals surface area contributed by atoms with Crippen LogP contribution in [-0.2, 0) is 13.6 Å². The van der Waals surface area contributed by atoms with Gasteiger partial charge in [0.25, 0.3) is 0 Å². The van der Waals surface area contributed by atoms with Gasteiger partial charge in [-0.15, -0.1) is 0 Å². The number of rotatable bonds is 3. The largest absolute Gasteiger partial charge is 0.381 e. The Kier molecular flexibility index (Phi) is 3.08. The molecule has 90 valence electrons. The van der Waals surface area contributed by atoms with Crippen LogP contribution in [0.15, 0.2) is 24.4 Å². The number of nitrogens with zero attached hydrogens (tertiary/aromatic N) is 2. The molecule has 1 aromatic heterocycles. The van der Waals surface area contributed by atoms with Gasteiger partial charge in [0.05, 0.1) is 6.20 Å². The summed E-state index contributed by atoms with van der Waals surface area (Å²) in [5.74, 6) is -1.69. The summed E-state index contributed by atoms with van der Waals surface area (Å²) in [7, 11) is 1.86. The maximum Gasteiger partial charge on any atom is 0.160 e. The van der Waals surface area contributed by atoms with Gasteiger partial charge < -0.3 is 5.32 Å². The molecule has 0 saturated heterocycles. The molecule has 0 aliphatic heterocycles. The Morgan fingerprint density at radius 1 is 1.29 bits per heavy atom. The predicted octanol–water partition coefficient (Wildman–Crippen LogP) is 2.62. The van der Waals surface area contributed by atoms with Crippen LogP contribution in [0.4, 0.5) is 14.5 Å². The van der Waals surface area contributed by atoms with Crippen molar-refractivity contribution in [3.63, 3.8) is 0 Å². The van der Waals surface area contributed by atoms with Gasteiger partial charge in [0.15, 0.2) is 11.6 Å². The zero-order valence-electron chi connectivity index (χ0n) is 9.67. The van der Waals surface area contributed by atoms with Crippen molar-refractivity contribution in [2.75, 3.05) is 5.32 Å². The Labute approximate surface area is 98.1 Å². The van der Waals surface area contributed by atoms with Crippen LogP contribution in [0.5, 0.6) is 0 Å². The topological polar surface area (TPSA) is 29.9 Å². The van der Waals surface area contributed by atoms with Gasteiger partial charge in [0, 0.05) is 36.6 Å². The molecule has 2 rings (SSSR count). The van der Waals surface area contributed by atoms with Gasteiger partial charge in [-0.3, -0.25) is 4.68 Å². The number of hydrogen-bond donors (Lipinski definition) is 1. The molecule has 3 nitrogen and oxygen atoms in total. The second kappa shape index (κ2) is 4.53. The molecule has 0 amide bonds. The lowest BCUT2D eigenvalue weighted by Gasteiger charge is -2.06. The highest BCUT2D eigenvalue weighted by molar-refractivity contribution is 5.44. The molecule has 5 heteroatoms. The lowest BCUT2D eigenvalue weighted by molar-refractivity contribution is 0.509. The summed E-state index contributed by atoms with van der Waals surface area (Å²) in [5.41, 5.74) is 2.62. The fourth-order valence-electron chi connectivity index (χ4n) is 1.52. The first-order chi connectivity index (χ1) is 8.08. The van der Waals surface area contributed by atoms with E-state index in [1.165, 1.54) is 6.07 Å². The molecule has 0 radical (unpaired) electrons. The Morgan fingerprint density at radius 2 is 2.06 bits per heavy atom. The van der Waals surface area contributed by atoms with Gasteiger partial charge >= 0.3 is 0 Å². The normalized spacial score (nSPS) is 10.6. The van der Waals surface area contributed by atoms with Gasteiger partial charge in [0.1, 0.15) is 0 Å². The molecule has 0 spiro atoms. The third-order valence-electron chi connectivity index (χ3n) is 2.74. The van der Waals surface area contributed by atoms with E-state index in [2.05, 4.69) is 10.4 Å². The number of nitrogens with one attached hydrogen (secondary N) is 1. The first-order valence-electron chi connectivity index (χ1n) is 5.24. The van der Waals surface area contributed by atoms with Crippen molar-refractivity contribution < 1.29 is 8.78 Å². The molecule has 0 unspecified atom stereocenters. The van der Waals surface area contributed by atoms with Gasteiger partial charge in [-0.1, -0.05) is 0 Å². The third-order valence-corrected chi connectivity index (χ3v) is 2.74. The molecule has 0 aliphatic carbocycles. The molecule has 17 heavy (non-hydrogen) atoms. The highest BCUT2D eigenvalue weighted by Crippen LogP contribution is 2.15. The summed E-state index contributed by atoms with van der Waals surface area (Å²) in [6, 6.07) is 3.75. The fraction of sp³-hybridized carbons (Fsp3) is 0.250. The average Bonchev–Trinajstić information content (AvgIpc) is 2.62. The van der Waals surface area contributed by atoms with Crippen LogP contribution in [0.2, 0.25) is 0 Å². The minimum atomic E-state index is -0.849. The minimum Gasteiger partial charge on any atom is -0.381 e. The molecule has 0 aliphatic rings. The Bertz CT molecular complexity index is 535. The zero-order valence-corrected chi connectivity index (χ0v) is 9.67. The molecule has 0 atom stereocenters. The van der Waals surface area contributed by atoms with E-state index in [-0.39, 0.29) is 0 Å².